The topological polar surface area (TPSA) is 46.3 Å². The van der Waals surface area contributed by atoms with Crippen LogP contribution in [0.5, 0.6) is 0 Å². The van der Waals surface area contributed by atoms with Gasteiger partial charge in [0.1, 0.15) is 0 Å². The molecule has 0 aromatic heterocycles. The number of rotatable bonds is 7. The first-order valence-electron chi connectivity index (χ1n) is 7.07. The van der Waals surface area contributed by atoms with Crippen molar-refractivity contribution in [2.45, 2.75) is 51.9 Å². The number of carbonyl (C=O) groups is 1. The SMILES string of the molecule is CC(CCN)CCC(=O)N(C)CC1CCCC1. The second kappa shape index (κ2) is 7.70. The summed E-state index contributed by atoms with van der Waals surface area (Å²) in [6, 6.07) is 0. The molecule has 0 saturated heterocycles. The average molecular weight is 240 g/mol. The van der Waals surface area contributed by atoms with Crippen LogP contribution in [0.4, 0.5) is 0 Å². The van der Waals surface area contributed by atoms with Crippen molar-refractivity contribution >= 4 is 5.91 Å². The lowest BCUT2D eigenvalue weighted by atomic mass is 10.0. The van der Waals surface area contributed by atoms with Crippen LogP contribution in [0.15, 0.2) is 0 Å². The summed E-state index contributed by atoms with van der Waals surface area (Å²) in [5, 5.41) is 0. The third kappa shape index (κ3) is 5.53. The zero-order valence-electron chi connectivity index (χ0n) is 11.5. The maximum absolute atomic E-state index is 11.9. The Bertz CT molecular complexity index is 224. The van der Waals surface area contributed by atoms with Crippen molar-refractivity contribution in [3.8, 4) is 0 Å². The van der Waals surface area contributed by atoms with E-state index in [4.69, 9.17) is 5.73 Å². The minimum absolute atomic E-state index is 0.306. The van der Waals surface area contributed by atoms with Crippen LogP contribution in [0.1, 0.15) is 51.9 Å². The van der Waals surface area contributed by atoms with Crippen molar-refractivity contribution in [1.82, 2.24) is 4.90 Å². The van der Waals surface area contributed by atoms with Crippen molar-refractivity contribution in [3.63, 3.8) is 0 Å². The molecule has 3 heteroatoms. The molecule has 0 aromatic rings. The fraction of sp³-hybridized carbons (Fsp3) is 0.929. The first kappa shape index (κ1) is 14.5. The summed E-state index contributed by atoms with van der Waals surface area (Å²) < 4.78 is 0. The van der Waals surface area contributed by atoms with E-state index in [0.29, 0.717) is 18.2 Å². The molecule has 1 amide bonds. The predicted molar refractivity (Wildman–Crippen MR) is 71.7 cm³/mol. The highest BCUT2D eigenvalue weighted by Crippen LogP contribution is 2.25. The standard InChI is InChI=1S/C14H28N2O/c1-12(9-10-15)7-8-14(17)16(2)11-13-5-3-4-6-13/h12-13H,3-11,15H2,1-2H3. The Morgan fingerprint density at radius 1 is 1.35 bits per heavy atom. The molecule has 17 heavy (non-hydrogen) atoms. The van der Waals surface area contributed by atoms with E-state index < -0.39 is 0 Å². The lowest BCUT2D eigenvalue weighted by Gasteiger charge is -2.21. The second-order valence-corrected chi connectivity index (χ2v) is 5.65. The number of hydrogen-bond donors (Lipinski definition) is 1. The number of nitrogens with zero attached hydrogens (tertiary/aromatic N) is 1. The third-order valence-electron chi connectivity index (χ3n) is 3.94. The minimum atomic E-state index is 0.306. The van der Waals surface area contributed by atoms with E-state index in [1.54, 1.807) is 0 Å². The van der Waals surface area contributed by atoms with Gasteiger partial charge < -0.3 is 10.6 Å². The molecule has 0 aliphatic heterocycles. The third-order valence-corrected chi connectivity index (χ3v) is 3.94. The number of hydrogen-bond acceptors (Lipinski definition) is 2. The first-order valence-corrected chi connectivity index (χ1v) is 7.07. The fourth-order valence-corrected chi connectivity index (χ4v) is 2.67. The highest BCUT2D eigenvalue weighted by atomic mass is 16.2. The molecular weight excluding hydrogens is 212 g/mol. The quantitative estimate of drug-likeness (QED) is 0.742. The molecule has 1 unspecified atom stereocenters. The second-order valence-electron chi connectivity index (χ2n) is 5.65. The summed E-state index contributed by atoms with van der Waals surface area (Å²) in [5.74, 6) is 1.63. The Morgan fingerprint density at radius 2 is 2.00 bits per heavy atom. The Hall–Kier alpha value is -0.570. The number of nitrogens with two attached hydrogens (primary N) is 1. The molecule has 0 bridgehead atoms. The first-order chi connectivity index (χ1) is 8.13. The highest BCUT2D eigenvalue weighted by molar-refractivity contribution is 5.75. The summed E-state index contributed by atoms with van der Waals surface area (Å²) in [5.41, 5.74) is 5.51. The van der Waals surface area contributed by atoms with E-state index in [9.17, 15) is 4.79 Å². The molecule has 1 rings (SSSR count). The van der Waals surface area contributed by atoms with Gasteiger partial charge in [0.25, 0.3) is 0 Å². The van der Waals surface area contributed by atoms with Gasteiger partial charge in [-0.3, -0.25) is 4.79 Å². The molecule has 0 heterocycles. The maximum atomic E-state index is 11.9. The number of carbonyl (C=O) groups excluding carboxylic acids is 1. The van der Waals surface area contributed by atoms with E-state index in [1.807, 2.05) is 11.9 Å². The van der Waals surface area contributed by atoms with E-state index in [2.05, 4.69) is 6.92 Å². The Kier molecular flexibility index (Phi) is 6.56. The van der Waals surface area contributed by atoms with Gasteiger partial charge >= 0.3 is 0 Å². The molecular formula is C14H28N2O. The summed E-state index contributed by atoms with van der Waals surface area (Å²) >= 11 is 0. The molecule has 0 aromatic carbocycles. The molecule has 0 radical (unpaired) electrons. The summed E-state index contributed by atoms with van der Waals surface area (Å²) in [4.78, 5) is 13.9. The van der Waals surface area contributed by atoms with Gasteiger partial charge in [0, 0.05) is 20.0 Å². The molecule has 2 N–H and O–H groups in total. The van der Waals surface area contributed by atoms with Gasteiger partial charge in [-0.1, -0.05) is 19.8 Å². The van der Waals surface area contributed by atoms with Gasteiger partial charge in [0.15, 0.2) is 0 Å². The summed E-state index contributed by atoms with van der Waals surface area (Å²) in [6.07, 6.45) is 8.00. The van der Waals surface area contributed by atoms with Gasteiger partial charge in [-0.2, -0.15) is 0 Å². The Balaban J connectivity index is 2.17. The normalized spacial score (nSPS) is 18.3. The average Bonchev–Trinajstić information content (AvgIpc) is 2.79. The fourth-order valence-electron chi connectivity index (χ4n) is 2.67. The number of amides is 1. The van der Waals surface area contributed by atoms with E-state index in [-0.39, 0.29) is 0 Å². The van der Waals surface area contributed by atoms with Gasteiger partial charge in [0.05, 0.1) is 0 Å². The van der Waals surface area contributed by atoms with Gasteiger partial charge in [-0.15, -0.1) is 0 Å². The Morgan fingerprint density at radius 3 is 2.59 bits per heavy atom. The lowest BCUT2D eigenvalue weighted by molar-refractivity contribution is -0.130. The van der Waals surface area contributed by atoms with Crippen molar-refractivity contribution < 1.29 is 4.79 Å². The van der Waals surface area contributed by atoms with Crippen LogP contribution >= 0.6 is 0 Å². The highest BCUT2D eigenvalue weighted by Gasteiger charge is 2.19. The smallest absolute Gasteiger partial charge is 0.222 e. The zero-order valence-corrected chi connectivity index (χ0v) is 11.5. The molecule has 1 saturated carbocycles. The van der Waals surface area contributed by atoms with Crippen molar-refractivity contribution in [2.24, 2.45) is 17.6 Å². The van der Waals surface area contributed by atoms with Crippen LogP contribution in [0, 0.1) is 11.8 Å². The van der Waals surface area contributed by atoms with Crippen LogP contribution in [0.25, 0.3) is 0 Å². The Labute approximate surface area is 106 Å². The molecule has 1 fully saturated rings. The van der Waals surface area contributed by atoms with Gasteiger partial charge in [-0.25, -0.2) is 0 Å². The van der Waals surface area contributed by atoms with Crippen LogP contribution < -0.4 is 5.73 Å². The predicted octanol–water partition coefficient (Wildman–Crippen LogP) is 2.40. The van der Waals surface area contributed by atoms with Crippen LogP contribution in [0.2, 0.25) is 0 Å². The van der Waals surface area contributed by atoms with Crippen molar-refractivity contribution in [1.29, 1.82) is 0 Å². The molecule has 3 nitrogen and oxygen atoms in total. The van der Waals surface area contributed by atoms with Crippen LogP contribution in [-0.2, 0) is 4.79 Å². The monoisotopic (exact) mass is 240 g/mol. The van der Waals surface area contributed by atoms with E-state index in [0.717, 1.165) is 31.8 Å². The summed E-state index contributed by atoms with van der Waals surface area (Å²) in [7, 11) is 1.95. The zero-order chi connectivity index (χ0) is 12.7. The molecule has 1 aliphatic rings. The van der Waals surface area contributed by atoms with Crippen molar-refractivity contribution in [3.05, 3.63) is 0 Å². The van der Waals surface area contributed by atoms with Gasteiger partial charge in [-0.05, 0) is 44.1 Å². The largest absolute Gasteiger partial charge is 0.345 e. The van der Waals surface area contributed by atoms with E-state index >= 15 is 0 Å². The lowest BCUT2D eigenvalue weighted by Crippen LogP contribution is -2.31. The van der Waals surface area contributed by atoms with Gasteiger partial charge in [0.2, 0.25) is 5.91 Å². The molecule has 100 valence electrons. The molecule has 0 spiro atoms. The maximum Gasteiger partial charge on any atom is 0.222 e. The van der Waals surface area contributed by atoms with Crippen LogP contribution in [-0.4, -0.2) is 30.9 Å². The molecule has 1 aliphatic carbocycles. The van der Waals surface area contributed by atoms with Crippen LogP contribution in [0.3, 0.4) is 0 Å². The van der Waals surface area contributed by atoms with E-state index in [1.165, 1.54) is 25.7 Å². The molecule has 1 atom stereocenters. The van der Waals surface area contributed by atoms with Crippen molar-refractivity contribution in [2.75, 3.05) is 20.1 Å². The minimum Gasteiger partial charge on any atom is -0.345 e. The summed E-state index contributed by atoms with van der Waals surface area (Å²) in [6.45, 7) is 3.87.